The first-order chi connectivity index (χ1) is 12.3. The molecule has 2 aromatic carbocycles. The van der Waals surface area contributed by atoms with Gasteiger partial charge in [0.1, 0.15) is 6.54 Å². The number of hydrogen-bond donors (Lipinski definition) is 1. The summed E-state index contributed by atoms with van der Waals surface area (Å²) < 4.78 is 27.6. The zero-order valence-electron chi connectivity index (χ0n) is 15.1. The number of aryl methyl sites for hydroxylation is 2. The van der Waals surface area contributed by atoms with Crippen molar-refractivity contribution in [3.05, 3.63) is 58.6 Å². The minimum Gasteiger partial charge on any atom is -0.355 e. The van der Waals surface area contributed by atoms with Gasteiger partial charge in [-0.2, -0.15) is 0 Å². The number of hydrogen-bond acceptors (Lipinski definition) is 3. The molecule has 140 valence electrons. The minimum atomic E-state index is -3.92. The zero-order valence-corrected chi connectivity index (χ0v) is 16.7. The monoisotopic (exact) mass is 394 g/mol. The van der Waals surface area contributed by atoms with E-state index in [0.29, 0.717) is 22.8 Å². The van der Waals surface area contributed by atoms with Crippen LogP contribution in [0.3, 0.4) is 0 Å². The van der Waals surface area contributed by atoms with Crippen molar-refractivity contribution in [3.8, 4) is 0 Å². The molecule has 1 N–H and O–H groups in total. The van der Waals surface area contributed by atoms with Crippen LogP contribution in [0.2, 0.25) is 5.02 Å². The number of anilines is 1. The number of carbonyl (C=O) groups is 1. The van der Waals surface area contributed by atoms with Crippen LogP contribution >= 0.6 is 11.6 Å². The standard InChI is InChI=1S/C19H23ClN2O3S/c1-4-11-21-19(23)13-22(18-12-16(20)8-7-15(18)3)26(24,25)17-9-5-14(2)6-10-17/h5-10,12H,4,11,13H2,1-3H3,(H,21,23). The maximum Gasteiger partial charge on any atom is 0.264 e. The van der Waals surface area contributed by atoms with Gasteiger partial charge < -0.3 is 5.32 Å². The number of rotatable bonds is 7. The molecule has 0 aromatic heterocycles. The van der Waals surface area contributed by atoms with Crippen molar-refractivity contribution in [2.75, 3.05) is 17.4 Å². The van der Waals surface area contributed by atoms with Crippen LogP contribution in [-0.2, 0) is 14.8 Å². The Labute approximate surface area is 160 Å². The number of halogens is 1. The molecule has 0 atom stereocenters. The van der Waals surface area contributed by atoms with Crippen molar-refractivity contribution in [1.82, 2.24) is 5.32 Å². The lowest BCUT2D eigenvalue weighted by atomic mass is 10.2. The van der Waals surface area contributed by atoms with Crippen molar-refractivity contribution < 1.29 is 13.2 Å². The Morgan fingerprint density at radius 2 is 1.77 bits per heavy atom. The molecule has 0 fully saturated rings. The Kier molecular flexibility index (Phi) is 6.67. The summed E-state index contributed by atoms with van der Waals surface area (Å²) >= 11 is 6.08. The Morgan fingerprint density at radius 1 is 1.12 bits per heavy atom. The van der Waals surface area contributed by atoms with Gasteiger partial charge in [-0.05, 0) is 50.1 Å². The summed E-state index contributed by atoms with van der Waals surface area (Å²) in [5, 5.41) is 3.13. The average Bonchev–Trinajstić information content (AvgIpc) is 2.60. The number of amides is 1. The predicted molar refractivity (Wildman–Crippen MR) is 105 cm³/mol. The number of nitrogens with zero attached hydrogens (tertiary/aromatic N) is 1. The van der Waals surface area contributed by atoms with Crippen molar-refractivity contribution in [3.63, 3.8) is 0 Å². The fourth-order valence-electron chi connectivity index (χ4n) is 2.44. The first kappa shape index (κ1) is 20.3. The molecule has 0 aliphatic carbocycles. The lowest BCUT2D eigenvalue weighted by molar-refractivity contribution is -0.119. The molecule has 5 nitrogen and oxygen atoms in total. The van der Waals surface area contributed by atoms with E-state index in [9.17, 15) is 13.2 Å². The topological polar surface area (TPSA) is 66.5 Å². The van der Waals surface area contributed by atoms with Crippen LogP contribution in [0.25, 0.3) is 0 Å². The predicted octanol–water partition coefficient (Wildman–Crippen LogP) is 3.68. The molecule has 0 bridgehead atoms. The number of carbonyl (C=O) groups excluding carboxylic acids is 1. The maximum atomic E-state index is 13.2. The van der Waals surface area contributed by atoms with E-state index in [-0.39, 0.29) is 17.3 Å². The lowest BCUT2D eigenvalue weighted by Gasteiger charge is -2.26. The van der Waals surface area contributed by atoms with Crippen LogP contribution in [-0.4, -0.2) is 27.4 Å². The molecule has 7 heteroatoms. The van der Waals surface area contributed by atoms with Crippen LogP contribution in [0.15, 0.2) is 47.4 Å². The normalized spacial score (nSPS) is 11.2. The van der Waals surface area contributed by atoms with Gasteiger partial charge in [0.25, 0.3) is 10.0 Å². The third kappa shape index (κ3) is 4.77. The van der Waals surface area contributed by atoms with Crippen molar-refractivity contribution in [1.29, 1.82) is 0 Å². The molecule has 1 amide bonds. The molecule has 0 saturated carbocycles. The number of sulfonamides is 1. The zero-order chi connectivity index (χ0) is 19.3. The van der Waals surface area contributed by atoms with E-state index in [0.717, 1.165) is 16.3 Å². The van der Waals surface area contributed by atoms with E-state index in [1.165, 1.54) is 0 Å². The SMILES string of the molecule is CCCNC(=O)CN(c1cc(Cl)ccc1C)S(=O)(=O)c1ccc(C)cc1. The van der Waals surface area contributed by atoms with Gasteiger partial charge in [-0.15, -0.1) is 0 Å². The van der Waals surface area contributed by atoms with Gasteiger partial charge in [-0.3, -0.25) is 9.10 Å². The third-order valence-electron chi connectivity index (χ3n) is 3.91. The summed E-state index contributed by atoms with van der Waals surface area (Å²) in [7, 11) is -3.92. The Morgan fingerprint density at radius 3 is 2.38 bits per heavy atom. The van der Waals surface area contributed by atoms with E-state index in [1.807, 2.05) is 13.8 Å². The van der Waals surface area contributed by atoms with Gasteiger partial charge >= 0.3 is 0 Å². The van der Waals surface area contributed by atoms with Gasteiger partial charge in [-0.25, -0.2) is 8.42 Å². The number of benzene rings is 2. The van der Waals surface area contributed by atoms with E-state index in [1.54, 1.807) is 49.4 Å². The highest BCUT2D eigenvalue weighted by atomic mass is 35.5. The van der Waals surface area contributed by atoms with Crippen LogP contribution in [0.4, 0.5) is 5.69 Å². The van der Waals surface area contributed by atoms with Crippen LogP contribution in [0.1, 0.15) is 24.5 Å². The van der Waals surface area contributed by atoms with Crippen molar-refractivity contribution in [2.45, 2.75) is 32.1 Å². The first-order valence-corrected chi connectivity index (χ1v) is 10.2. The molecular formula is C19H23ClN2O3S. The fourth-order valence-corrected chi connectivity index (χ4v) is 4.08. The highest BCUT2D eigenvalue weighted by molar-refractivity contribution is 7.92. The number of nitrogens with one attached hydrogen (secondary N) is 1. The van der Waals surface area contributed by atoms with E-state index < -0.39 is 10.0 Å². The van der Waals surface area contributed by atoms with Gasteiger partial charge in [-0.1, -0.05) is 42.3 Å². The molecule has 26 heavy (non-hydrogen) atoms. The van der Waals surface area contributed by atoms with Crippen LogP contribution < -0.4 is 9.62 Å². The highest BCUT2D eigenvalue weighted by Crippen LogP contribution is 2.29. The molecule has 0 radical (unpaired) electrons. The van der Waals surface area contributed by atoms with Gasteiger partial charge in [0.15, 0.2) is 0 Å². The molecular weight excluding hydrogens is 372 g/mol. The molecule has 2 rings (SSSR count). The lowest BCUT2D eigenvalue weighted by Crippen LogP contribution is -2.41. The first-order valence-electron chi connectivity index (χ1n) is 8.38. The summed E-state index contributed by atoms with van der Waals surface area (Å²) in [6.45, 7) is 5.78. The van der Waals surface area contributed by atoms with Crippen LogP contribution in [0, 0.1) is 13.8 Å². The van der Waals surface area contributed by atoms with Gasteiger partial charge in [0.05, 0.1) is 10.6 Å². The summed E-state index contributed by atoms with van der Waals surface area (Å²) in [6.07, 6.45) is 0.770. The molecule has 0 unspecified atom stereocenters. The maximum absolute atomic E-state index is 13.2. The van der Waals surface area contributed by atoms with Crippen molar-refractivity contribution >= 4 is 33.2 Å². The molecule has 0 aliphatic heterocycles. The highest BCUT2D eigenvalue weighted by Gasteiger charge is 2.28. The summed E-state index contributed by atoms with van der Waals surface area (Å²) in [5.74, 6) is -0.359. The molecule has 0 saturated heterocycles. The average molecular weight is 395 g/mol. The van der Waals surface area contributed by atoms with E-state index in [4.69, 9.17) is 11.6 Å². The fraction of sp³-hybridized carbons (Fsp3) is 0.316. The van der Waals surface area contributed by atoms with E-state index in [2.05, 4.69) is 5.32 Å². The largest absolute Gasteiger partial charge is 0.355 e. The van der Waals surface area contributed by atoms with Gasteiger partial charge in [0, 0.05) is 11.6 Å². The van der Waals surface area contributed by atoms with Crippen LogP contribution in [0.5, 0.6) is 0 Å². The second-order valence-corrected chi connectivity index (χ2v) is 8.40. The second-order valence-electron chi connectivity index (χ2n) is 6.11. The Hall–Kier alpha value is -2.05. The summed E-state index contributed by atoms with van der Waals surface area (Å²) in [5.41, 5.74) is 2.06. The minimum absolute atomic E-state index is 0.130. The second kappa shape index (κ2) is 8.56. The summed E-state index contributed by atoms with van der Waals surface area (Å²) in [4.78, 5) is 12.4. The van der Waals surface area contributed by atoms with E-state index >= 15 is 0 Å². The van der Waals surface area contributed by atoms with Crippen molar-refractivity contribution in [2.24, 2.45) is 0 Å². The smallest absolute Gasteiger partial charge is 0.264 e. The Balaban J connectivity index is 2.50. The third-order valence-corrected chi connectivity index (χ3v) is 5.92. The van der Waals surface area contributed by atoms with Gasteiger partial charge in [0.2, 0.25) is 5.91 Å². The Bertz CT molecular complexity index is 880. The molecule has 0 heterocycles. The molecule has 2 aromatic rings. The summed E-state index contributed by atoms with van der Waals surface area (Å²) in [6, 6.07) is 11.5. The molecule has 0 aliphatic rings. The molecule has 0 spiro atoms. The quantitative estimate of drug-likeness (QED) is 0.778.